The van der Waals surface area contributed by atoms with Gasteiger partial charge in [-0.25, -0.2) is 0 Å². The van der Waals surface area contributed by atoms with Gasteiger partial charge in [0.25, 0.3) is 0 Å². The monoisotopic (exact) mass is 402 g/mol. The van der Waals surface area contributed by atoms with E-state index in [1.165, 1.54) is 18.4 Å². The van der Waals surface area contributed by atoms with E-state index in [-0.39, 0.29) is 17.9 Å². The number of phenols is 1. The number of benzene rings is 2. The van der Waals surface area contributed by atoms with Crippen LogP contribution in [0.4, 0.5) is 0 Å². The number of aromatic nitrogens is 1. The molecule has 3 unspecified atom stereocenters. The number of hydrogen-bond acceptors (Lipinski definition) is 4. The second-order valence-corrected chi connectivity index (χ2v) is 9.92. The van der Waals surface area contributed by atoms with E-state index in [0.29, 0.717) is 12.2 Å². The first-order valence-electron chi connectivity index (χ1n) is 11.1. The van der Waals surface area contributed by atoms with Crippen LogP contribution < -0.4 is 10.1 Å². The van der Waals surface area contributed by atoms with Crippen LogP contribution in [0.3, 0.4) is 0 Å². The summed E-state index contributed by atoms with van der Waals surface area (Å²) >= 11 is 0. The van der Waals surface area contributed by atoms with Gasteiger partial charge in [0.15, 0.2) is 17.6 Å². The number of H-pyrrole nitrogens is 1. The van der Waals surface area contributed by atoms with E-state index in [1.807, 2.05) is 18.2 Å². The molecule has 2 heterocycles. The lowest BCUT2D eigenvalue weighted by atomic mass is 9.53. The van der Waals surface area contributed by atoms with Crippen molar-refractivity contribution in [3.63, 3.8) is 0 Å². The molecule has 4 atom stereocenters. The van der Waals surface area contributed by atoms with Gasteiger partial charge in [-0.3, -0.25) is 0 Å². The Bertz CT molecular complexity index is 1210. The van der Waals surface area contributed by atoms with Gasteiger partial charge in [0.1, 0.15) is 0 Å². The Morgan fingerprint density at radius 3 is 2.87 bits per heavy atom. The average molecular weight is 402 g/mol. The van der Waals surface area contributed by atoms with Crippen LogP contribution >= 0.6 is 0 Å². The molecule has 5 nitrogen and oxygen atoms in total. The number of phenolic OH excluding ortho intramolecular Hbond substituents is 1. The first-order chi connectivity index (χ1) is 14.5. The second kappa shape index (κ2) is 5.40. The summed E-state index contributed by atoms with van der Waals surface area (Å²) in [7, 11) is 0. The summed E-state index contributed by atoms with van der Waals surface area (Å²) in [4.78, 5) is 3.59. The number of aromatic hydroxyl groups is 1. The van der Waals surface area contributed by atoms with Crippen molar-refractivity contribution in [2.24, 2.45) is 5.92 Å². The highest BCUT2D eigenvalue weighted by atomic mass is 16.5. The van der Waals surface area contributed by atoms with Gasteiger partial charge >= 0.3 is 0 Å². The zero-order valence-electron chi connectivity index (χ0n) is 17.0. The molecule has 0 amide bonds. The largest absolute Gasteiger partial charge is 0.504 e. The highest BCUT2D eigenvalue weighted by molar-refractivity contribution is 5.86. The molecule has 7 rings (SSSR count). The fourth-order valence-electron chi connectivity index (χ4n) is 6.46. The first kappa shape index (κ1) is 17.2. The van der Waals surface area contributed by atoms with Gasteiger partial charge in [-0.1, -0.05) is 24.3 Å². The molecule has 0 saturated heterocycles. The van der Waals surface area contributed by atoms with Crippen molar-refractivity contribution in [3.05, 3.63) is 58.8 Å². The zero-order chi connectivity index (χ0) is 20.3. The van der Waals surface area contributed by atoms with E-state index in [0.717, 1.165) is 46.6 Å². The number of nitrogens with one attached hydrogen (secondary N) is 2. The topological polar surface area (TPSA) is 77.5 Å². The van der Waals surface area contributed by atoms with Gasteiger partial charge in [0, 0.05) is 28.9 Å². The van der Waals surface area contributed by atoms with Gasteiger partial charge in [0.2, 0.25) is 0 Å². The second-order valence-electron chi connectivity index (χ2n) is 9.92. The molecule has 30 heavy (non-hydrogen) atoms. The third-order valence-corrected chi connectivity index (χ3v) is 8.31. The average Bonchev–Trinajstić information content (AvgIpc) is 3.41. The van der Waals surface area contributed by atoms with E-state index in [9.17, 15) is 10.2 Å². The van der Waals surface area contributed by atoms with E-state index in [1.54, 1.807) is 6.07 Å². The molecule has 4 aliphatic rings. The summed E-state index contributed by atoms with van der Waals surface area (Å²) in [5, 5.41) is 28.0. The third kappa shape index (κ3) is 1.91. The summed E-state index contributed by atoms with van der Waals surface area (Å²) in [6, 6.07) is 12.0. The minimum absolute atomic E-state index is 0.0565. The van der Waals surface area contributed by atoms with Gasteiger partial charge in [-0.2, -0.15) is 0 Å². The molecule has 1 aliphatic heterocycles. The van der Waals surface area contributed by atoms with Gasteiger partial charge in [-0.05, 0) is 61.9 Å². The molecule has 4 N–H and O–H groups in total. The number of rotatable bonds is 3. The fraction of sp³-hybridized carbons (Fsp3) is 0.440. The normalized spacial score (nSPS) is 33.3. The van der Waals surface area contributed by atoms with Gasteiger partial charge in [-0.15, -0.1) is 0 Å². The van der Waals surface area contributed by atoms with Crippen molar-refractivity contribution >= 4 is 10.9 Å². The minimum Gasteiger partial charge on any atom is -0.504 e. The standard InChI is InChI=1S/C25H26N2O3/c1-24-20-14-8-9-18(28)22(20)30-23(24)21-16(15-4-2-3-5-17(15)27-21)11-25(24,29)19(10-14)26-12-13-6-7-13/h2-5,8-9,13,19,23,26-29H,6-7,10-12H2,1H3/t19?,23?,24?,25-/m1/s1. The number of aliphatic hydroxyl groups is 1. The van der Waals surface area contributed by atoms with Crippen LogP contribution in [0.2, 0.25) is 0 Å². The van der Waals surface area contributed by atoms with Crippen LogP contribution in [0.15, 0.2) is 36.4 Å². The van der Waals surface area contributed by atoms with Crippen LogP contribution in [-0.2, 0) is 18.3 Å². The quantitative estimate of drug-likeness (QED) is 0.541. The Morgan fingerprint density at radius 1 is 1.20 bits per heavy atom. The maximum absolute atomic E-state index is 12.5. The van der Waals surface area contributed by atoms with Crippen LogP contribution in [0.1, 0.15) is 48.3 Å². The number of ether oxygens (including phenoxy) is 1. The lowest BCUT2D eigenvalue weighted by Crippen LogP contribution is -2.69. The molecule has 2 aromatic carbocycles. The molecule has 0 spiro atoms. The molecule has 1 saturated carbocycles. The van der Waals surface area contributed by atoms with Crippen molar-refractivity contribution in [1.82, 2.24) is 10.3 Å². The predicted molar refractivity (Wildman–Crippen MR) is 114 cm³/mol. The number of para-hydroxylation sites is 1. The van der Waals surface area contributed by atoms with Crippen molar-refractivity contribution in [2.45, 2.75) is 55.8 Å². The Balaban J connectivity index is 1.49. The van der Waals surface area contributed by atoms with Crippen LogP contribution in [-0.4, -0.2) is 33.4 Å². The smallest absolute Gasteiger partial charge is 0.166 e. The summed E-state index contributed by atoms with van der Waals surface area (Å²) in [6.07, 6.45) is 3.52. The molecule has 1 fully saturated rings. The maximum Gasteiger partial charge on any atom is 0.166 e. The number of aromatic amines is 1. The Kier molecular flexibility index (Phi) is 3.10. The molecular formula is C25H26N2O3. The fourth-order valence-corrected chi connectivity index (χ4v) is 6.46. The Labute approximate surface area is 175 Å². The number of hydrogen-bond donors (Lipinski definition) is 4. The molecule has 5 heteroatoms. The van der Waals surface area contributed by atoms with Gasteiger partial charge in [0.05, 0.1) is 16.7 Å². The van der Waals surface area contributed by atoms with Crippen LogP contribution in [0.5, 0.6) is 11.5 Å². The molecule has 1 aromatic heterocycles. The van der Waals surface area contributed by atoms with Crippen molar-refractivity contribution in [2.75, 3.05) is 6.54 Å². The minimum atomic E-state index is -1.00. The third-order valence-electron chi connectivity index (χ3n) is 8.31. The van der Waals surface area contributed by atoms with Crippen molar-refractivity contribution in [1.29, 1.82) is 0 Å². The predicted octanol–water partition coefficient (Wildman–Crippen LogP) is 3.48. The molecule has 0 radical (unpaired) electrons. The highest BCUT2D eigenvalue weighted by Gasteiger charge is 2.68. The number of fused-ring (bicyclic) bond motifs is 4. The molecular weight excluding hydrogens is 376 g/mol. The highest BCUT2D eigenvalue weighted by Crippen LogP contribution is 2.65. The van der Waals surface area contributed by atoms with Crippen LogP contribution in [0, 0.1) is 5.92 Å². The van der Waals surface area contributed by atoms with E-state index in [2.05, 4.69) is 29.4 Å². The molecule has 0 bridgehead atoms. The molecule has 3 aliphatic carbocycles. The molecule has 154 valence electrons. The lowest BCUT2D eigenvalue weighted by Gasteiger charge is -2.55. The zero-order valence-corrected chi connectivity index (χ0v) is 17.0. The van der Waals surface area contributed by atoms with Crippen LogP contribution in [0.25, 0.3) is 10.9 Å². The van der Waals surface area contributed by atoms with E-state index < -0.39 is 11.0 Å². The lowest BCUT2D eigenvalue weighted by molar-refractivity contribution is -0.108. The summed E-state index contributed by atoms with van der Waals surface area (Å²) in [5.41, 5.74) is 3.77. The first-order valence-corrected chi connectivity index (χ1v) is 11.1. The van der Waals surface area contributed by atoms with Crippen molar-refractivity contribution < 1.29 is 14.9 Å². The maximum atomic E-state index is 12.5. The van der Waals surface area contributed by atoms with E-state index in [4.69, 9.17) is 4.74 Å². The Morgan fingerprint density at radius 2 is 2.03 bits per heavy atom. The van der Waals surface area contributed by atoms with Crippen molar-refractivity contribution in [3.8, 4) is 11.5 Å². The van der Waals surface area contributed by atoms with E-state index >= 15 is 0 Å². The Hall–Kier alpha value is -2.50. The van der Waals surface area contributed by atoms with Gasteiger partial charge < -0.3 is 25.3 Å². The molecule has 3 aromatic rings. The summed E-state index contributed by atoms with van der Waals surface area (Å²) in [6.45, 7) is 3.08. The summed E-state index contributed by atoms with van der Waals surface area (Å²) < 4.78 is 6.47. The summed E-state index contributed by atoms with van der Waals surface area (Å²) in [5.74, 6) is 1.44. The SMILES string of the molecule is CC12c3c4ccc(O)c3OC1c1[nH]c3ccccc3c1C[C@@]2(O)C(NCC1CC1)C4.